The third-order valence-electron chi connectivity index (χ3n) is 11.8. The maximum absolute atomic E-state index is 3.96. The largest absolute Gasteiger partial charge is 0.355 e. The van der Waals surface area contributed by atoms with Crippen molar-refractivity contribution in [1.29, 1.82) is 0 Å². The predicted octanol–water partition coefficient (Wildman–Crippen LogP) is 13.5. The van der Waals surface area contributed by atoms with Gasteiger partial charge in [0.05, 0.1) is 5.52 Å². The molecule has 0 spiro atoms. The van der Waals surface area contributed by atoms with Crippen LogP contribution in [0, 0.1) is 6.92 Å². The molecule has 1 aliphatic heterocycles. The second kappa shape index (κ2) is 12.8. The topological polar surface area (TPSA) is 17.0 Å². The summed E-state index contributed by atoms with van der Waals surface area (Å²) in [4.78, 5) is 0. The molecule has 57 heavy (non-hydrogen) atoms. The van der Waals surface area contributed by atoms with Crippen molar-refractivity contribution in [3.63, 3.8) is 0 Å². The number of nitrogens with one attached hydrogen (secondary N) is 1. The van der Waals surface area contributed by atoms with Gasteiger partial charge in [-0.1, -0.05) is 147 Å². The van der Waals surface area contributed by atoms with Gasteiger partial charge in [0.25, 0.3) is 0 Å². The van der Waals surface area contributed by atoms with Crippen LogP contribution in [0.1, 0.15) is 31.9 Å². The first-order chi connectivity index (χ1) is 27.8. The lowest BCUT2D eigenvalue weighted by molar-refractivity contribution is 0.590. The van der Waals surface area contributed by atoms with E-state index in [0.717, 1.165) is 11.4 Å². The van der Waals surface area contributed by atoms with Crippen molar-refractivity contribution in [3.05, 3.63) is 175 Å². The minimum absolute atomic E-state index is 0.0765. The molecule has 0 fully saturated rings. The third-order valence-corrected chi connectivity index (χ3v) is 13.0. The molecular formula is C53H40BN2S. The van der Waals surface area contributed by atoms with Crippen molar-refractivity contribution >= 4 is 82.9 Å². The minimum Gasteiger partial charge on any atom is -0.355 e. The van der Waals surface area contributed by atoms with Crippen molar-refractivity contribution in [2.75, 3.05) is 5.32 Å². The summed E-state index contributed by atoms with van der Waals surface area (Å²) in [5, 5.41) is 9.08. The van der Waals surface area contributed by atoms with Gasteiger partial charge in [-0.05, 0) is 99.7 Å². The van der Waals surface area contributed by atoms with E-state index >= 15 is 0 Å². The van der Waals surface area contributed by atoms with E-state index < -0.39 is 0 Å². The molecule has 0 saturated carbocycles. The van der Waals surface area contributed by atoms with Crippen molar-refractivity contribution < 1.29 is 0 Å². The van der Waals surface area contributed by atoms with Gasteiger partial charge < -0.3 is 9.88 Å². The molecule has 0 amide bonds. The van der Waals surface area contributed by atoms with E-state index in [0.29, 0.717) is 0 Å². The van der Waals surface area contributed by atoms with Crippen LogP contribution in [0.15, 0.2) is 164 Å². The lowest BCUT2D eigenvalue weighted by atomic mass is 9.58. The molecule has 2 nitrogen and oxygen atoms in total. The average molecular weight is 748 g/mol. The van der Waals surface area contributed by atoms with Crippen LogP contribution < -0.4 is 16.2 Å². The number of aromatic nitrogens is 1. The average Bonchev–Trinajstić information content (AvgIpc) is 3.77. The Labute approximate surface area is 338 Å². The van der Waals surface area contributed by atoms with Crippen LogP contribution in [-0.4, -0.2) is 11.8 Å². The Hall–Kier alpha value is -6.36. The number of nitrogens with zero attached hydrogens (tertiary/aromatic N) is 1. The predicted molar refractivity (Wildman–Crippen MR) is 248 cm³/mol. The van der Waals surface area contributed by atoms with E-state index in [2.05, 4.69) is 209 Å². The molecule has 3 heterocycles. The highest BCUT2D eigenvalue weighted by Crippen LogP contribution is 2.47. The first-order valence-electron chi connectivity index (χ1n) is 19.8. The minimum atomic E-state index is 0.0765. The molecule has 10 aromatic rings. The van der Waals surface area contributed by atoms with Crippen molar-refractivity contribution in [1.82, 2.24) is 4.57 Å². The molecule has 1 radical (unpaired) electrons. The van der Waals surface area contributed by atoms with Gasteiger partial charge in [-0.25, -0.2) is 0 Å². The fourth-order valence-corrected chi connectivity index (χ4v) is 10.2. The highest BCUT2D eigenvalue weighted by Gasteiger charge is 2.30. The van der Waals surface area contributed by atoms with Crippen LogP contribution >= 0.6 is 11.3 Å². The summed E-state index contributed by atoms with van der Waals surface area (Å²) in [5.74, 6) is 0. The van der Waals surface area contributed by atoms with Crippen LogP contribution in [0.4, 0.5) is 11.4 Å². The number of anilines is 2. The number of rotatable bonds is 5. The number of benzene rings is 8. The van der Waals surface area contributed by atoms with E-state index in [1.54, 1.807) is 0 Å². The summed E-state index contributed by atoms with van der Waals surface area (Å²) in [6.45, 7) is 9.01. The molecule has 0 saturated heterocycles. The van der Waals surface area contributed by atoms with Gasteiger partial charge in [0.2, 0.25) is 0 Å². The van der Waals surface area contributed by atoms with E-state index in [-0.39, 0.29) is 5.41 Å². The van der Waals surface area contributed by atoms with Gasteiger partial charge >= 0.3 is 0 Å². The van der Waals surface area contributed by atoms with Crippen molar-refractivity contribution in [2.24, 2.45) is 0 Å². The van der Waals surface area contributed by atoms with E-state index in [1.165, 1.54) is 103 Å². The third kappa shape index (κ3) is 5.46. The van der Waals surface area contributed by atoms with Gasteiger partial charge in [-0.2, -0.15) is 0 Å². The van der Waals surface area contributed by atoms with Gasteiger partial charge in [0, 0.05) is 59.1 Å². The number of fused-ring (bicyclic) bond motifs is 8. The van der Waals surface area contributed by atoms with Gasteiger partial charge in [0.1, 0.15) is 0 Å². The first-order valence-corrected chi connectivity index (χ1v) is 20.7. The van der Waals surface area contributed by atoms with E-state index in [9.17, 15) is 0 Å². The molecule has 2 aromatic heterocycles. The monoisotopic (exact) mass is 747 g/mol. The molecule has 0 atom stereocenters. The summed E-state index contributed by atoms with van der Waals surface area (Å²) in [6, 6.07) is 60.8. The maximum atomic E-state index is 3.96. The summed E-state index contributed by atoms with van der Waals surface area (Å²) in [5.41, 5.74) is 18.3. The number of hydrogen-bond acceptors (Lipinski definition) is 2. The Kier molecular flexibility index (Phi) is 7.65. The van der Waals surface area contributed by atoms with Crippen molar-refractivity contribution in [2.45, 2.75) is 33.1 Å². The number of hydrogen-bond donors (Lipinski definition) is 1. The maximum Gasteiger partial charge on any atom is 0.197 e. The fraction of sp³-hybridized carbons (Fsp3) is 0.0943. The molecule has 0 unspecified atom stereocenters. The number of para-hydroxylation sites is 1. The van der Waals surface area contributed by atoms with Gasteiger partial charge in [-0.3, -0.25) is 0 Å². The molecular weight excluding hydrogens is 707 g/mol. The molecule has 8 aromatic carbocycles. The molecule has 0 aliphatic carbocycles. The highest BCUT2D eigenvalue weighted by molar-refractivity contribution is 7.25. The summed E-state index contributed by atoms with van der Waals surface area (Å²) >= 11 is 1.87. The molecule has 11 rings (SSSR count). The van der Waals surface area contributed by atoms with Crippen LogP contribution in [0.25, 0.3) is 81.0 Å². The van der Waals surface area contributed by atoms with Crippen LogP contribution in [0.3, 0.4) is 0 Å². The van der Waals surface area contributed by atoms with Crippen LogP contribution in [-0.2, 0) is 5.41 Å². The SMILES string of the molecule is Cc1ccc2c(c1)[B]c1c(-c3cc4c(cc3Nc3ccc(C(C)(C)C)cc3)sc3ccccc34)cc(-c3ccccc3-c3ccccc3)c3c4ccccc4n-2c13. The zero-order chi connectivity index (χ0) is 38.4. The quantitative estimate of drug-likeness (QED) is 0.174. The zero-order valence-corrected chi connectivity index (χ0v) is 33.3. The van der Waals surface area contributed by atoms with Crippen molar-refractivity contribution in [3.8, 4) is 39.1 Å². The van der Waals surface area contributed by atoms with Crippen LogP contribution in [0.5, 0.6) is 0 Å². The summed E-state index contributed by atoms with van der Waals surface area (Å²) in [7, 11) is 2.45. The summed E-state index contributed by atoms with van der Waals surface area (Å²) in [6.07, 6.45) is 0. The highest BCUT2D eigenvalue weighted by atomic mass is 32.1. The standard InChI is InChI=1S/C53H40BN2S/c1-32-22-27-47-44(28-32)54-51-43(40-29-41-38-18-11-13-21-48(38)57-49(41)31-45(40)55-35-25-23-34(24-26-35)53(2,3)4)30-42(50-39-19-10-12-20-46(39)56(47)52(50)51)37-17-9-8-16-36(37)33-14-6-5-7-15-33/h5-31,55H,1-4H3. The number of thiophene rings is 1. The molecule has 271 valence electrons. The Morgan fingerprint density at radius 2 is 1.28 bits per heavy atom. The lowest BCUT2D eigenvalue weighted by Gasteiger charge is -2.26. The smallest absolute Gasteiger partial charge is 0.197 e. The fourth-order valence-electron chi connectivity index (χ4n) is 9.06. The molecule has 1 aliphatic rings. The molecule has 1 N–H and O–H groups in total. The second-order valence-corrected chi connectivity index (χ2v) is 17.6. The van der Waals surface area contributed by atoms with Crippen LogP contribution in [0.2, 0.25) is 0 Å². The first kappa shape index (κ1) is 33.9. The van der Waals surface area contributed by atoms with Gasteiger partial charge in [0.15, 0.2) is 7.28 Å². The Bertz CT molecular complexity index is 3220. The van der Waals surface area contributed by atoms with E-state index in [1.807, 2.05) is 11.3 Å². The molecule has 0 bridgehead atoms. The normalized spacial score (nSPS) is 12.4. The molecule has 4 heteroatoms. The summed E-state index contributed by atoms with van der Waals surface area (Å²) < 4.78 is 5.11. The van der Waals surface area contributed by atoms with E-state index in [4.69, 9.17) is 0 Å². The Balaban J connectivity index is 1.27. The Morgan fingerprint density at radius 1 is 0.561 bits per heavy atom. The Morgan fingerprint density at radius 3 is 2.09 bits per heavy atom. The second-order valence-electron chi connectivity index (χ2n) is 16.5. The number of aryl methyl sites for hydroxylation is 1. The zero-order valence-electron chi connectivity index (χ0n) is 32.5. The van der Waals surface area contributed by atoms with Gasteiger partial charge in [-0.15, -0.1) is 11.3 Å². The lowest BCUT2D eigenvalue weighted by Crippen LogP contribution is -2.37.